The first-order chi connectivity index (χ1) is 16.6. The average Bonchev–Trinajstić information content (AvgIpc) is 2.85. The fourth-order valence-corrected chi connectivity index (χ4v) is 4.16. The van der Waals surface area contributed by atoms with E-state index >= 15 is 0 Å². The van der Waals surface area contributed by atoms with Crippen molar-refractivity contribution in [2.75, 3.05) is 7.11 Å². The second-order valence-electron chi connectivity index (χ2n) is 8.62. The highest BCUT2D eigenvalue weighted by molar-refractivity contribution is 5.94. The van der Waals surface area contributed by atoms with E-state index in [-0.39, 0.29) is 17.5 Å². The van der Waals surface area contributed by atoms with Crippen LogP contribution in [0.25, 0.3) is 5.69 Å². The molecule has 1 aliphatic carbocycles. The number of amides is 1. The first-order valence-electron chi connectivity index (χ1n) is 11.9. The summed E-state index contributed by atoms with van der Waals surface area (Å²) in [7, 11) is 1.62. The van der Waals surface area contributed by atoms with E-state index < -0.39 is 0 Å². The number of nitrogens with zero attached hydrogens (tertiary/aromatic N) is 2. The smallest absolute Gasteiger partial charge is 0.271 e. The van der Waals surface area contributed by atoms with Crippen LogP contribution >= 0.6 is 0 Å². The SMILES string of the molecule is COc1ccc(COc2ccc(=O)n(-c3ccc(C(=O)NC4CCCCCCC4)cc3)n2)cc1. The summed E-state index contributed by atoms with van der Waals surface area (Å²) in [5.74, 6) is 1.03. The molecule has 178 valence electrons. The van der Waals surface area contributed by atoms with E-state index in [9.17, 15) is 9.59 Å². The third-order valence-corrected chi connectivity index (χ3v) is 6.14. The van der Waals surface area contributed by atoms with E-state index in [0.717, 1.165) is 37.0 Å². The standard InChI is InChI=1S/C27H31N3O4/c1-33-24-15-9-20(10-16-24)19-34-25-17-18-26(31)30(29-25)23-13-11-21(12-14-23)27(32)28-22-7-5-3-2-4-6-8-22/h9-18,22H,2-8,19H2,1H3,(H,28,32). The zero-order chi connectivity index (χ0) is 23.8. The zero-order valence-corrected chi connectivity index (χ0v) is 19.5. The summed E-state index contributed by atoms with van der Waals surface area (Å²) in [6.07, 6.45) is 8.17. The monoisotopic (exact) mass is 461 g/mol. The highest BCUT2D eigenvalue weighted by Crippen LogP contribution is 2.18. The number of nitrogens with one attached hydrogen (secondary N) is 1. The van der Waals surface area contributed by atoms with Crippen LogP contribution in [0.2, 0.25) is 0 Å². The van der Waals surface area contributed by atoms with Crippen LogP contribution in [0.3, 0.4) is 0 Å². The van der Waals surface area contributed by atoms with Gasteiger partial charge in [-0.1, -0.05) is 44.2 Å². The van der Waals surface area contributed by atoms with E-state index in [0.29, 0.717) is 23.7 Å². The van der Waals surface area contributed by atoms with Crippen LogP contribution in [-0.2, 0) is 6.61 Å². The highest BCUT2D eigenvalue weighted by Gasteiger charge is 2.15. The van der Waals surface area contributed by atoms with Gasteiger partial charge in [-0.3, -0.25) is 9.59 Å². The Bertz CT molecular complexity index is 1130. The van der Waals surface area contributed by atoms with Gasteiger partial charge >= 0.3 is 0 Å². The van der Waals surface area contributed by atoms with Gasteiger partial charge in [-0.25, -0.2) is 0 Å². The van der Waals surface area contributed by atoms with Gasteiger partial charge in [-0.05, 0) is 54.8 Å². The lowest BCUT2D eigenvalue weighted by molar-refractivity contribution is 0.0930. The van der Waals surface area contributed by atoms with Crippen LogP contribution in [0, 0.1) is 0 Å². The lowest BCUT2D eigenvalue weighted by Gasteiger charge is -2.21. The molecule has 34 heavy (non-hydrogen) atoms. The predicted molar refractivity (Wildman–Crippen MR) is 131 cm³/mol. The minimum Gasteiger partial charge on any atom is -0.497 e. The van der Waals surface area contributed by atoms with Crippen molar-refractivity contribution in [2.45, 2.75) is 57.6 Å². The Morgan fingerprint density at radius 2 is 1.62 bits per heavy atom. The summed E-state index contributed by atoms with van der Waals surface area (Å²) in [5.41, 5.74) is 1.83. The van der Waals surface area contributed by atoms with E-state index in [1.54, 1.807) is 37.4 Å². The molecule has 0 unspecified atom stereocenters. The van der Waals surface area contributed by atoms with Crippen LogP contribution in [-0.4, -0.2) is 28.8 Å². The first kappa shape index (κ1) is 23.5. The van der Waals surface area contributed by atoms with Crippen LogP contribution in [0.1, 0.15) is 60.9 Å². The van der Waals surface area contributed by atoms with Gasteiger partial charge in [0.2, 0.25) is 5.88 Å². The molecule has 2 aromatic carbocycles. The minimum atomic E-state index is -0.275. The van der Waals surface area contributed by atoms with Gasteiger partial charge in [0.25, 0.3) is 11.5 Å². The number of ether oxygens (including phenoxy) is 2. The van der Waals surface area contributed by atoms with Crippen LogP contribution in [0.15, 0.2) is 65.5 Å². The van der Waals surface area contributed by atoms with Gasteiger partial charge < -0.3 is 14.8 Å². The normalized spacial score (nSPS) is 14.6. The molecule has 1 amide bonds. The summed E-state index contributed by atoms with van der Waals surface area (Å²) in [4.78, 5) is 25.1. The lowest BCUT2D eigenvalue weighted by atomic mass is 9.96. The largest absolute Gasteiger partial charge is 0.497 e. The van der Waals surface area contributed by atoms with Gasteiger partial charge in [-0.15, -0.1) is 5.10 Å². The molecule has 1 aliphatic rings. The maximum atomic E-state index is 12.7. The zero-order valence-electron chi connectivity index (χ0n) is 19.5. The topological polar surface area (TPSA) is 82.5 Å². The van der Waals surface area contributed by atoms with Gasteiger partial charge in [-0.2, -0.15) is 4.68 Å². The molecule has 1 saturated carbocycles. The maximum Gasteiger partial charge on any atom is 0.271 e. The Morgan fingerprint density at radius 1 is 0.941 bits per heavy atom. The third-order valence-electron chi connectivity index (χ3n) is 6.14. The van der Waals surface area contributed by atoms with Crippen LogP contribution < -0.4 is 20.3 Å². The molecular formula is C27H31N3O4. The van der Waals surface area contributed by atoms with Gasteiger partial charge in [0.1, 0.15) is 12.4 Å². The molecule has 1 N–H and O–H groups in total. The number of aromatic nitrogens is 2. The van der Waals surface area contributed by atoms with Crippen molar-refractivity contribution in [1.82, 2.24) is 15.1 Å². The fourth-order valence-electron chi connectivity index (χ4n) is 4.16. The molecular weight excluding hydrogens is 430 g/mol. The molecule has 4 rings (SSSR count). The number of hydrogen-bond acceptors (Lipinski definition) is 5. The summed E-state index contributed by atoms with van der Waals surface area (Å²) < 4.78 is 12.2. The van der Waals surface area contributed by atoms with E-state index in [4.69, 9.17) is 9.47 Å². The molecule has 0 saturated heterocycles. The van der Waals surface area contributed by atoms with Crippen molar-refractivity contribution in [1.29, 1.82) is 0 Å². The Kier molecular flexibility index (Phi) is 7.96. The first-order valence-corrected chi connectivity index (χ1v) is 11.9. The van der Waals surface area contributed by atoms with Crippen molar-refractivity contribution in [3.63, 3.8) is 0 Å². The number of benzene rings is 2. The Morgan fingerprint density at radius 3 is 2.29 bits per heavy atom. The Hall–Kier alpha value is -3.61. The molecule has 1 heterocycles. The van der Waals surface area contributed by atoms with E-state index in [1.165, 1.54) is 30.0 Å². The number of hydrogen-bond donors (Lipinski definition) is 1. The predicted octanol–water partition coefficient (Wildman–Crippen LogP) is 4.66. The molecule has 1 aromatic heterocycles. The molecule has 7 heteroatoms. The molecule has 0 aliphatic heterocycles. The molecule has 0 spiro atoms. The summed E-state index contributed by atoms with van der Waals surface area (Å²) >= 11 is 0. The Balaban J connectivity index is 1.41. The van der Waals surface area contributed by atoms with Gasteiger partial charge in [0.05, 0.1) is 12.8 Å². The number of carbonyl (C=O) groups is 1. The van der Waals surface area contributed by atoms with Crippen molar-refractivity contribution in [3.05, 3.63) is 82.1 Å². The van der Waals surface area contributed by atoms with Crippen molar-refractivity contribution in [3.8, 4) is 17.3 Å². The third kappa shape index (κ3) is 6.25. The van der Waals surface area contributed by atoms with Gasteiger partial charge in [0.15, 0.2) is 0 Å². The Labute approximate surface area is 199 Å². The maximum absolute atomic E-state index is 12.7. The molecule has 7 nitrogen and oxygen atoms in total. The number of methoxy groups -OCH3 is 1. The minimum absolute atomic E-state index is 0.0750. The molecule has 3 aromatic rings. The number of carbonyl (C=O) groups excluding carboxylic acids is 1. The summed E-state index contributed by atoms with van der Waals surface area (Å²) in [6.45, 7) is 0.315. The van der Waals surface area contributed by atoms with Crippen molar-refractivity contribution >= 4 is 5.91 Å². The van der Waals surface area contributed by atoms with Crippen molar-refractivity contribution < 1.29 is 14.3 Å². The lowest BCUT2D eigenvalue weighted by Crippen LogP contribution is -2.35. The van der Waals surface area contributed by atoms with Crippen molar-refractivity contribution in [2.24, 2.45) is 0 Å². The average molecular weight is 462 g/mol. The van der Waals surface area contributed by atoms with E-state index in [2.05, 4.69) is 10.4 Å². The molecule has 0 radical (unpaired) electrons. The quantitative estimate of drug-likeness (QED) is 0.553. The van der Waals surface area contributed by atoms with Crippen LogP contribution in [0.5, 0.6) is 11.6 Å². The summed E-state index contributed by atoms with van der Waals surface area (Å²) in [6, 6.07) is 17.7. The fraction of sp³-hybridized carbons (Fsp3) is 0.370. The number of rotatable bonds is 7. The molecule has 0 atom stereocenters. The van der Waals surface area contributed by atoms with Gasteiger partial charge in [0, 0.05) is 23.7 Å². The molecule has 1 fully saturated rings. The van der Waals surface area contributed by atoms with E-state index in [1.807, 2.05) is 24.3 Å². The molecule has 0 bridgehead atoms. The summed E-state index contributed by atoms with van der Waals surface area (Å²) in [5, 5.41) is 7.51. The van der Waals surface area contributed by atoms with Crippen LogP contribution in [0.4, 0.5) is 0 Å². The second kappa shape index (κ2) is 11.5. The second-order valence-corrected chi connectivity index (χ2v) is 8.62. The highest BCUT2D eigenvalue weighted by atomic mass is 16.5.